The number of halogens is 2. The molecule has 0 saturated heterocycles. The SMILES string of the molecule is CCCCCC[N+](CCCl)(CCCC)CCCC.[I-]. The lowest BCUT2D eigenvalue weighted by Gasteiger charge is -2.39. The number of rotatable bonds is 13. The van der Waals surface area contributed by atoms with Crippen molar-refractivity contribution in [3.05, 3.63) is 0 Å². The second kappa shape index (κ2) is 15.4. The van der Waals surface area contributed by atoms with Gasteiger partial charge in [0.2, 0.25) is 0 Å². The van der Waals surface area contributed by atoms with Crippen LogP contribution in [0.3, 0.4) is 0 Å². The number of alkyl halides is 1. The summed E-state index contributed by atoms with van der Waals surface area (Å²) in [5, 5.41) is 0. The smallest absolute Gasteiger partial charge is 0.0924 e. The summed E-state index contributed by atoms with van der Waals surface area (Å²) >= 11 is 6.07. The Morgan fingerprint density at radius 1 is 0.632 bits per heavy atom. The lowest BCUT2D eigenvalue weighted by atomic mass is 10.1. The average molecular weight is 404 g/mol. The van der Waals surface area contributed by atoms with Crippen molar-refractivity contribution in [2.75, 3.05) is 32.1 Å². The molecule has 0 aromatic rings. The van der Waals surface area contributed by atoms with E-state index in [1.807, 2.05) is 0 Å². The molecule has 0 aromatic carbocycles. The third-order valence-electron chi connectivity index (χ3n) is 4.02. The van der Waals surface area contributed by atoms with Crippen molar-refractivity contribution < 1.29 is 28.5 Å². The molecule has 118 valence electrons. The van der Waals surface area contributed by atoms with Crippen LogP contribution in [0.4, 0.5) is 0 Å². The normalized spacial score (nSPS) is 11.4. The van der Waals surface area contributed by atoms with E-state index in [1.165, 1.54) is 82.0 Å². The van der Waals surface area contributed by atoms with E-state index in [-0.39, 0.29) is 24.0 Å². The van der Waals surface area contributed by atoms with Gasteiger partial charge in [-0.1, -0.05) is 46.5 Å². The summed E-state index contributed by atoms with van der Waals surface area (Å²) in [6.07, 6.45) is 10.8. The second-order valence-electron chi connectivity index (χ2n) is 5.69. The Hall–Kier alpha value is 0.980. The molecule has 0 heterocycles. The fourth-order valence-corrected chi connectivity index (χ4v) is 3.07. The van der Waals surface area contributed by atoms with Gasteiger partial charge in [0.25, 0.3) is 0 Å². The Morgan fingerprint density at radius 2 is 1.11 bits per heavy atom. The van der Waals surface area contributed by atoms with Crippen LogP contribution in [0.5, 0.6) is 0 Å². The Labute approximate surface area is 144 Å². The topological polar surface area (TPSA) is 0 Å². The molecule has 3 heteroatoms. The maximum atomic E-state index is 6.07. The zero-order valence-electron chi connectivity index (χ0n) is 13.4. The summed E-state index contributed by atoms with van der Waals surface area (Å²) in [6, 6.07) is 0. The van der Waals surface area contributed by atoms with Crippen LogP contribution in [-0.2, 0) is 0 Å². The number of hydrogen-bond acceptors (Lipinski definition) is 0. The van der Waals surface area contributed by atoms with Crippen LogP contribution in [0.25, 0.3) is 0 Å². The molecule has 0 aliphatic heterocycles. The highest BCUT2D eigenvalue weighted by Gasteiger charge is 2.24. The Morgan fingerprint density at radius 3 is 1.53 bits per heavy atom. The van der Waals surface area contributed by atoms with Gasteiger partial charge in [-0.15, -0.1) is 11.6 Å². The highest BCUT2D eigenvalue weighted by molar-refractivity contribution is 6.17. The van der Waals surface area contributed by atoms with Crippen molar-refractivity contribution in [3.63, 3.8) is 0 Å². The molecule has 0 amide bonds. The molecule has 0 spiro atoms. The third-order valence-corrected chi connectivity index (χ3v) is 4.19. The van der Waals surface area contributed by atoms with Gasteiger partial charge in [0.05, 0.1) is 32.1 Å². The summed E-state index contributed by atoms with van der Waals surface area (Å²) in [4.78, 5) is 0. The summed E-state index contributed by atoms with van der Waals surface area (Å²) in [5.41, 5.74) is 0. The van der Waals surface area contributed by atoms with E-state index in [4.69, 9.17) is 11.6 Å². The molecule has 0 N–H and O–H groups in total. The van der Waals surface area contributed by atoms with Gasteiger partial charge in [0, 0.05) is 0 Å². The quantitative estimate of drug-likeness (QED) is 0.191. The van der Waals surface area contributed by atoms with Crippen LogP contribution >= 0.6 is 11.6 Å². The molecule has 19 heavy (non-hydrogen) atoms. The zero-order valence-corrected chi connectivity index (χ0v) is 16.3. The highest BCUT2D eigenvalue weighted by atomic mass is 127. The third kappa shape index (κ3) is 11.3. The van der Waals surface area contributed by atoms with E-state index in [2.05, 4.69) is 20.8 Å². The molecule has 1 nitrogen and oxygen atoms in total. The lowest BCUT2D eigenvalue weighted by molar-refractivity contribution is -0.926. The van der Waals surface area contributed by atoms with Crippen LogP contribution in [-0.4, -0.2) is 36.5 Å². The first-order chi connectivity index (χ1) is 8.74. The zero-order chi connectivity index (χ0) is 13.7. The van der Waals surface area contributed by atoms with Gasteiger partial charge in [-0.25, -0.2) is 0 Å². The minimum Gasteiger partial charge on any atom is -1.00 e. The Balaban J connectivity index is 0. The van der Waals surface area contributed by atoms with Gasteiger partial charge in [-0.2, -0.15) is 0 Å². The van der Waals surface area contributed by atoms with Gasteiger partial charge < -0.3 is 28.5 Å². The van der Waals surface area contributed by atoms with Crippen LogP contribution < -0.4 is 24.0 Å². The van der Waals surface area contributed by atoms with Gasteiger partial charge in [0.1, 0.15) is 0 Å². The monoisotopic (exact) mass is 403 g/mol. The molecule has 0 aliphatic carbocycles. The summed E-state index contributed by atoms with van der Waals surface area (Å²) in [7, 11) is 0. The molecule has 0 aliphatic rings. The first-order valence-electron chi connectivity index (χ1n) is 8.15. The van der Waals surface area contributed by atoms with E-state index in [9.17, 15) is 0 Å². The van der Waals surface area contributed by atoms with E-state index in [0.29, 0.717) is 0 Å². The lowest BCUT2D eigenvalue weighted by Crippen LogP contribution is -3.00. The van der Waals surface area contributed by atoms with Gasteiger partial charge in [-0.05, 0) is 25.7 Å². The van der Waals surface area contributed by atoms with Crippen molar-refractivity contribution in [1.29, 1.82) is 0 Å². The second-order valence-corrected chi connectivity index (χ2v) is 6.07. The molecular formula is C16H35ClIN. The predicted octanol–water partition coefficient (Wildman–Crippen LogP) is 2.23. The first kappa shape index (κ1) is 22.3. The van der Waals surface area contributed by atoms with E-state index in [1.54, 1.807) is 0 Å². The van der Waals surface area contributed by atoms with Crippen LogP contribution in [0, 0.1) is 0 Å². The maximum absolute atomic E-state index is 6.07. The van der Waals surface area contributed by atoms with E-state index < -0.39 is 0 Å². The summed E-state index contributed by atoms with van der Waals surface area (Å²) in [6.45, 7) is 12.1. The van der Waals surface area contributed by atoms with Crippen molar-refractivity contribution in [2.45, 2.75) is 72.1 Å². The standard InChI is InChI=1S/C16H35ClN.HI/c1-4-7-10-11-15-18(16-12-17,13-8-5-2)14-9-6-3;/h4-16H2,1-3H3;1H/q+1;/p-1. The number of quaternary nitrogens is 1. The molecule has 0 bridgehead atoms. The van der Waals surface area contributed by atoms with Gasteiger partial charge in [0.15, 0.2) is 0 Å². The largest absolute Gasteiger partial charge is 1.00 e. The van der Waals surface area contributed by atoms with Crippen LogP contribution in [0.1, 0.15) is 72.1 Å². The minimum absolute atomic E-state index is 0. The van der Waals surface area contributed by atoms with Crippen molar-refractivity contribution >= 4 is 11.6 Å². The van der Waals surface area contributed by atoms with Crippen LogP contribution in [0.15, 0.2) is 0 Å². The Kier molecular flexibility index (Phi) is 18.0. The minimum atomic E-state index is 0. The van der Waals surface area contributed by atoms with E-state index in [0.717, 1.165) is 5.88 Å². The first-order valence-corrected chi connectivity index (χ1v) is 8.69. The Bertz CT molecular complexity index is 168. The molecule has 0 rings (SSSR count). The number of nitrogens with zero attached hydrogens (tertiary/aromatic N) is 1. The molecule has 0 aromatic heterocycles. The highest BCUT2D eigenvalue weighted by Crippen LogP contribution is 2.16. The van der Waals surface area contributed by atoms with Crippen LogP contribution in [0.2, 0.25) is 0 Å². The van der Waals surface area contributed by atoms with E-state index >= 15 is 0 Å². The molecule has 0 saturated carbocycles. The number of hydrogen-bond donors (Lipinski definition) is 0. The molecule has 0 fully saturated rings. The summed E-state index contributed by atoms with van der Waals surface area (Å²) in [5.74, 6) is 0.821. The van der Waals surface area contributed by atoms with Crippen molar-refractivity contribution in [1.82, 2.24) is 0 Å². The maximum Gasteiger partial charge on any atom is 0.0924 e. The predicted molar refractivity (Wildman–Crippen MR) is 84.4 cm³/mol. The average Bonchev–Trinajstić information content (AvgIpc) is 2.39. The van der Waals surface area contributed by atoms with Gasteiger partial charge >= 0.3 is 0 Å². The fraction of sp³-hybridized carbons (Fsp3) is 1.00. The summed E-state index contributed by atoms with van der Waals surface area (Å²) < 4.78 is 1.29. The molecule has 0 atom stereocenters. The van der Waals surface area contributed by atoms with Crippen molar-refractivity contribution in [2.24, 2.45) is 0 Å². The van der Waals surface area contributed by atoms with Crippen molar-refractivity contribution in [3.8, 4) is 0 Å². The fourth-order valence-electron chi connectivity index (χ4n) is 2.71. The molecule has 0 radical (unpaired) electrons. The molecular weight excluding hydrogens is 369 g/mol. The number of unbranched alkanes of at least 4 members (excludes halogenated alkanes) is 5. The van der Waals surface area contributed by atoms with Gasteiger partial charge in [-0.3, -0.25) is 0 Å². The molecule has 0 unspecified atom stereocenters.